The summed E-state index contributed by atoms with van der Waals surface area (Å²) < 4.78 is 5.52. The monoisotopic (exact) mass is 403 g/mol. The van der Waals surface area contributed by atoms with Gasteiger partial charge in [-0.05, 0) is 26.1 Å². The Bertz CT molecular complexity index is 817. The standard InChI is InChI=1S/C19H25N5O3S/c1-3-27-16-7-5-4-6-15(16)21-17(25)12-14-13-28-18(20-14)22-19(26)24-10-8-23(2)9-11-24/h4-7,13H,3,8-12H2,1-2H3,(H,21,25)(H,20,22,26). The molecule has 9 heteroatoms. The molecule has 2 N–H and O–H groups in total. The normalized spacial score (nSPS) is 14.6. The van der Waals surface area contributed by atoms with Gasteiger partial charge >= 0.3 is 6.03 Å². The highest BCUT2D eigenvalue weighted by Crippen LogP contribution is 2.24. The van der Waals surface area contributed by atoms with E-state index in [2.05, 4.69) is 20.5 Å². The third-order valence-electron chi connectivity index (χ3n) is 4.36. The first kappa shape index (κ1) is 20.1. The number of aromatic nitrogens is 1. The molecule has 8 nitrogen and oxygen atoms in total. The lowest BCUT2D eigenvalue weighted by atomic mass is 10.2. The van der Waals surface area contributed by atoms with Crippen molar-refractivity contribution in [3.8, 4) is 5.75 Å². The van der Waals surface area contributed by atoms with Crippen LogP contribution in [0.5, 0.6) is 5.75 Å². The number of nitrogens with one attached hydrogen (secondary N) is 2. The fourth-order valence-corrected chi connectivity index (χ4v) is 3.54. The molecule has 1 aliphatic heterocycles. The Labute approximate surface area is 168 Å². The Morgan fingerprint density at radius 3 is 2.68 bits per heavy atom. The molecule has 2 aromatic rings. The van der Waals surface area contributed by atoms with Crippen LogP contribution in [0.25, 0.3) is 0 Å². The average molecular weight is 404 g/mol. The van der Waals surface area contributed by atoms with Gasteiger partial charge in [0.15, 0.2) is 5.13 Å². The zero-order valence-corrected chi connectivity index (χ0v) is 16.9. The molecular weight excluding hydrogens is 378 g/mol. The summed E-state index contributed by atoms with van der Waals surface area (Å²) in [5.74, 6) is 0.450. The molecule has 0 radical (unpaired) electrons. The van der Waals surface area contributed by atoms with Crippen LogP contribution in [0.15, 0.2) is 29.6 Å². The second-order valence-electron chi connectivity index (χ2n) is 6.52. The molecule has 150 valence electrons. The van der Waals surface area contributed by atoms with Crippen LogP contribution < -0.4 is 15.4 Å². The number of anilines is 2. The van der Waals surface area contributed by atoms with Crippen LogP contribution in [0.2, 0.25) is 0 Å². The van der Waals surface area contributed by atoms with Gasteiger partial charge in [0.1, 0.15) is 5.75 Å². The van der Waals surface area contributed by atoms with E-state index in [0.29, 0.717) is 42.0 Å². The topological polar surface area (TPSA) is 86.8 Å². The molecule has 0 atom stereocenters. The molecule has 3 rings (SSSR count). The second-order valence-corrected chi connectivity index (χ2v) is 7.38. The number of ether oxygens (including phenoxy) is 1. The number of amides is 3. The molecular formula is C19H25N5O3S. The fraction of sp³-hybridized carbons (Fsp3) is 0.421. The maximum absolute atomic E-state index is 12.3. The number of rotatable bonds is 6. The predicted octanol–water partition coefficient (Wildman–Crippen LogP) is 2.50. The summed E-state index contributed by atoms with van der Waals surface area (Å²) in [6, 6.07) is 7.16. The van der Waals surface area contributed by atoms with Crippen molar-refractivity contribution in [1.82, 2.24) is 14.8 Å². The Balaban J connectivity index is 1.53. The highest BCUT2D eigenvalue weighted by atomic mass is 32.1. The van der Waals surface area contributed by atoms with Crippen LogP contribution in [0.3, 0.4) is 0 Å². The van der Waals surface area contributed by atoms with Gasteiger partial charge in [0.05, 0.1) is 24.4 Å². The number of carbonyl (C=O) groups is 2. The zero-order valence-electron chi connectivity index (χ0n) is 16.1. The van der Waals surface area contributed by atoms with E-state index in [4.69, 9.17) is 4.74 Å². The molecule has 1 saturated heterocycles. The molecule has 2 heterocycles. The van der Waals surface area contributed by atoms with Crippen molar-refractivity contribution in [2.24, 2.45) is 0 Å². The number of urea groups is 1. The number of thiazole rings is 1. The van der Waals surface area contributed by atoms with E-state index in [1.54, 1.807) is 16.3 Å². The molecule has 1 aromatic carbocycles. The van der Waals surface area contributed by atoms with Crippen molar-refractivity contribution in [1.29, 1.82) is 0 Å². The summed E-state index contributed by atoms with van der Waals surface area (Å²) in [4.78, 5) is 33.0. The van der Waals surface area contributed by atoms with E-state index in [-0.39, 0.29) is 18.4 Å². The molecule has 1 aliphatic rings. The van der Waals surface area contributed by atoms with Crippen molar-refractivity contribution in [2.45, 2.75) is 13.3 Å². The SMILES string of the molecule is CCOc1ccccc1NC(=O)Cc1csc(NC(=O)N2CCN(C)CC2)n1. The van der Waals surface area contributed by atoms with Gasteiger partial charge in [-0.25, -0.2) is 9.78 Å². The van der Waals surface area contributed by atoms with Gasteiger partial charge in [-0.2, -0.15) is 0 Å². The van der Waals surface area contributed by atoms with Crippen LogP contribution in [0, 0.1) is 0 Å². The van der Waals surface area contributed by atoms with Crippen LogP contribution >= 0.6 is 11.3 Å². The number of piperazine rings is 1. The molecule has 28 heavy (non-hydrogen) atoms. The van der Waals surface area contributed by atoms with Gasteiger partial charge in [-0.1, -0.05) is 12.1 Å². The van der Waals surface area contributed by atoms with Crippen molar-refractivity contribution < 1.29 is 14.3 Å². The number of carbonyl (C=O) groups excluding carboxylic acids is 2. The number of nitrogens with zero attached hydrogens (tertiary/aromatic N) is 3. The molecule has 0 saturated carbocycles. The van der Waals surface area contributed by atoms with Crippen LogP contribution in [0.4, 0.5) is 15.6 Å². The van der Waals surface area contributed by atoms with E-state index in [9.17, 15) is 9.59 Å². The molecule has 1 fully saturated rings. The molecule has 1 aromatic heterocycles. The Hall–Kier alpha value is -2.65. The van der Waals surface area contributed by atoms with Crippen molar-refractivity contribution in [3.05, 3.63) is 35.3 Å². The summed E-state index contributed by atoms with van der Waals surface area (Å²) in [7, 11) is 2.04. The molecule has 0 aliphatic carbocycles. The van der Waals surface area contributed by atoms with E-state index < -0.39 is 0 Å². The lowest BCUT2D eigenvalue weighted by molar-refractivity contribution is -0.115. The van der Waals surface area contributed by atoms with E-state index in [0.717, 1.165) is 13.1 Å². The molecule has 0 unspecified atom stereocenters. The van der Waals surface area contributed by atoms with Crippen molar-refractivity contribution in [2.75, 3.05) is 50.5 Å². The number of para-hydroxylation sites is 2. The quantitative estimate of drug-likeness (QED) is 0.774. The van der Waals surface area contributed by atoms with E-state index in [1.165, 1.54) is 11.3 Å². The van der Waals surface area contributed by atoms with Crippen molar-refractivity contribution in [3.63, 3.8) is 0 Å². The minimum absolute atomic E-state index is 0.126. The zero-order chi connectivity index (χ0) is 19.9. The molecule has 0 bridgehead atoms. The molecule has 0 spiro atoms. The fourth-order valence-electron chi connectivity index (χ4n) is 2.84. The third-order valence-corrected chi connectivity index (χ3v) is 5.17. The number of hydrogen-bond donors (Lipinski definition) is 2. The summed E-state index contributed by atoms with van der Waals surface area (Å²) in [6.45, 7) is 5.53. The highest BCUT2D eigenvalue weighted by molar-refractivity contribution is 7.13. The Morgan fingerprint density at radius 2 is 1.93 bits per heavy atom. The van der Waals surface area contributed by atoms with Gasteiger partial charge in [0.25, 0.3) is 0 Å². The molecule has 3 amide bonds. The van der Waals surface area contributed by atoms with Gasteiger partial charge < -0.3 is 19.9 Å². The largest absolute Gasteiger partial charge is 0.492 e. The predicted molar refractivity (Wildman–Crippen MR) is 110 cm³/mol. The summed E-state index contributed by atoms with van der Waals surface area (Å²) in [6.07, 6.45) is 0.126. The van der Waals surface area contributed by atoms with Crippen LogP contribution in [-0.4, -0.2) is 66.6 Å². The van der Waals surface area contributed by atoms with Crippen LogP contribution in [-0.2, 0) is 11.2 Å². The maximum atomic E-state index is 12.3. The van der Waals surface area contributed by atoms with Crippen LogP contribution in [0.1, 0.15) is 12.6 Å². The summed E-state index contributed by atoms with van der Waals surface area (Å²) >= 11 is 1.32. The lowest BCUT2D eigenvalue weighted by Crippen LogP contribution is -2.48. The third kappa shape index (κ3) is 5.43. The first-order valence-corrected chi connectivity index (χ1v) is 10.1. The average Bonchev–Trinajstić information content (AvgIpc) is 3.10. The van der Waals surface area contributed by atoms with Gasteiger partial charge in [-0.3, -0.25) is 10.1 Å². The number of likely N-dealkylation sites (N-methyl/N-ethyl adjacent to an activating group) is 1. The van der Waals surface area contributed by atoms with Gasteiger partial charge in [0, 0.05) is 31.6 Å². The summed E-state index contributed by atoms with van der Waals surface area (Å²) in [5.41, 5.74) is 1.25. The highest BCUT2D eigenvalue weighted by Gasteiger charge is 2.20. The van der Waals surface area contributed by atoms with Gasteiger partial charge in [0.2, 0.25) is 5.91 Å². The lowest BCUT2D eigenvalue weighted by Gasteiger charge is -2.32. The Kier molecular flexibility index (Phi) is 6.83. The second kappa shape index (κ2) is 9.52. The first-order chi connectivity index (χ1) is 13.5. The Morgan fingerprint density at radius 1 is 1.18 bits per heavy atom. The minimum Gasteiger partial charge on any atom is -0.492 e. The summed E-state index contributed by atoms with van der Waals surface area (Å²) in [5, 5.41) is 7.96. The first-order valence-electron chi connectivity index (χ1n) is 9.25. The van der Waals surface area contributed by atoms with E-state index in [1.807, 2.05) is 32.2 Å². The van der Waals surface area contributed by atoms with Gasteiger partial charge in [-0.15, -0.1) is 11.3 Å². The smallest absolute Gasteiger partial charge is 0.323 e. The number of benzene rings is 1. The van der Waals surface area contributed by atoms with Crippen molar-refractivity contribution >= 4 is 34.1 Å². The maximum Gasteiger partial charge on any atom is 0.323 e. The minimum atomic E-state index is -0.186. The number of hydrogen-bond acceptors (Lipinski definition) is 6. The van der Waals surface area contributed by atoms with E-state index >= 15 is 0 Å².